The summed E-state index contributed by atoms with van der Waals surface area (Å²) >= 11 is 0. The highest BCUT2D eigenvalue weighted by atomic mass is 19.2. The topological polar surface area (TPSA) is 72.2 Å². The SMILES string of the molecule is NC(=O)CC(NC(=O)C1CC1c1ccc(F)c(F)c1)C1CCCCC1. The van der Waals surface area contributed by atoms with Crippen molar-refractivity contribution in [3.8, 4) is 0 Å². The summed E-state index contributed by atoms with van der Waals surface area (Å²) in [6.07, 6.45) is 6.16. The summed E-state index contributed by atoms with van der Waals surface area (Å²) in [6, 6.07) is 3.56. The van der Waals surface area contributed by atoms with Crippen LogP contribution in [0.25, 0.3) is 0 Å². The fourth-order valence-electron chi connectivity index (χ4n) is 3.97. The van der Waals surface area contributed by atoms with Crippen molar-refractivity contribution in [2.24, 2.45) is 17.6 Å². The van der Waals surface area contributed by atoms with Gasteiger partial charge < -0.3 is 11.1 Å². The summed E-state index contributed by atoms with van der Waals surface area (Å²) < 4.78 is 26.4. The van der Waals surface area contributed by atoms with E-state index in [1.165, 1.54) is 12.5 Å². The van der Waals surface area contributed by atoms with Gasteiger partial charge in [-0.2, -0.15) is 0 Å². The minimum absolute atomic E-state index is 0.0873. The minimum atomic E-state index is -0.891. The van der Waals surface area contributed by atoms with Crippen LogP contribution in [0.1, 0.15) is 56.4 Å². The van der Waals surface area contributed by atoms with Crippen molar-refractivity contribution in [3.05, 3.63) is 35.4 Å². The standard InChI is InChI=1S/C19H24F2N2O2/c20-15-7-6-12(8-16(15)21)13-9-14(13)19(25)23-17(10-18(22)24)11-4-2-1-3-5-11/h6-8,11,13-14,17H,1-5,9-10H2,(H2,22,24)(H,23,25). The first-order valence-electron chi connectivity index (χ1n) is 8.99. The predicted octanol–water partition coefficient (Wildman–Crippen LogP) is 3.01. The number of hydrogen-bond donors (Lipinski definition) is 2. The molecule has 6 heteroatoms. The van der Waals surface area contributed by atoms with Gasteiger partial charge in [0.2, 0.25) is 11.8 Å². The van der Waals surface area contributed by atoms with Crippen LogP contribution in [0, 0.1) is 23.5 Å². The second-order valence-corrected chi connectivity index (χ2v) is 7.31. The number of primary amides is 1. The number of rotatable bonds is 6. The Kier molecular flexibility index (Phi) is 5.35. The largest absolute Gasteiger partial charge is 0.370 e. The Hall–Kier alpha value is -1.98. The molecular formula is C19H24F2N2O2. The molecule has 2 aliphatic rings. The van der Waals surface area contributed by atoms with Gasteiger partial charge in [-0.1, -0.05) is 25.3 Å². The molecule has 3 atom stereocenters. The van der Waals surface area contributed by atoms with Gasteiger partial charge in [0.1, 0.15) is 0 Å². The third-order valence-electron chi connectivity index (χ3n) is 5.47. The molecule has 0 spiro atoms. The van der Waals surface area contributed by atoms with Crippen molar-refractivity contribution in [2.75, 3.05) is 0 Å². The van der Waals surface area contributed by atoms with E-state index in [0.717, 1.165) is 37.8 Å². The molecule has 3 N–H and O–H groups in total. The summed E-state index contributed by atoms with van der Waals surface area (Å²) in [5.41, 5.74) is 5.99. The molecule has 0 heterocycles. The highest BCUT2D eigenvalue weighted by molar-refractivity contribution is 5.84. The molecule has 0 radical (unpaired) electrons. The van der Waals surface area contributed by atoms with E-state index in [2.05, 4.69) is 5.32 Å². The quantitative estimate of drug-likeness (QED) is 0.828. The number of hydrogen-bond acceptors (Lipinski definition) is 2. The van der Waals surface area contributed by atoms with Gasteiger partial charge in [0.05, 0.1) is 0 Å². The second kappa shape index (κ2) is 7.50. The lowest BCUT2D eigenvalue weighted by molar-refractivity contribution is -0.124. The van der Waals surface area contributed by atoms with Crippen molar-refractivity contribution in [1.29, 1.82) is 0 Å². The Morgan fingerprint density at radius 2 is 1.88 bits per heavy atom. The van der Waals surface area contributed by atoms with Crippen LogP contribution in [0.4, 0.5) is 8.78 Å². The molecule has 2 aliphatic carbocycles. The molecule has 25 heavy (non-hydrogen) atoms. The zero-order valence-corrected chi connectivity index (χ0v) is 14.1. The molecule has 4 nitrogen and oxygen atoms in total. The molecule has 0 aliphatic heterocycles. The first-order valence-corrected chi connectivity index (χ1v) is 8.99. The lowest BCUT2D eigenvalue weighted by Gasteiger charge is -2.30. The highest BCUT2D eigenvalue weighted by Gasteiger charge is 2.45. The van der Waals surface area contributed by atoms with Crippen molar-refractivity contribution < 1.29 is 18.4 Å². The van der Waals surface area contributed by atoms with Crippen molar-refractivity contribution >= 4 is 11.8 Å². The van der Waals surface area contributed by atoms with Gasteiger partial charge >= 0.3 is 0 Å². The number of nitrogens with two attached hydrogens (primary N) is 1. The first kappa shape index (κ1) is 17.8. The predicted molar refractivity (Wildman–Crippen MR) is 89.5 cm³/mol. The van der Waals surface area contributed by atoms with E-state index < -0.39 is 17.5 Å². The van der Waals surface area contributed by atoms with E-state index in [4.69, 9.17) is 5.73 Å². The highest BCUT2D eigenvalue weighted by Crippen LogP contribution is 2.48. The van der Waals surface area contributed by atoms with Crippen LogP contribution in [-0.4, -0.2) is 17.9 Å². The molecule has 3 rings (SSSR count). The molecule has 0 bridgehead atoms. The van der Waals surface area contributed by atoms with Crippen LogP contribution in [0.2, 0.25) is 0 Å². The molecule has 136 valence electrons. The zero-order chi connectivity index (χ0) is 18.0. The van der Waals surface area contributed by atoms with E-state index >= 15 is 0 Å². The second-order valence-electron chi connectivity index (χ2n) is 7.31. The van der Waals surface area contributed by atoms with Gasteiger partial charge in [-0.25, -0.2) is 8.78 Å². The Labute approximate surface area is 146 Å². The fourth-order valence-corrected chi connectivity index (χ4v) is 3.97. The van der Waals surface area contributed by atoms with Crippen LogP contribution in [0.3, 0.4) is 0 Å². The lowest BCUT2D eigenvalue weighted by Crippen LogP contribution is -2.44. The summed E-state index contributed by atoms with van der Waals surface area (Å²) in [5.74, 6) is -2.36. The van der Waals surface area contributed by atoms with Crippen LogP contribution in [0.5, 0.6) is 0 Å². The van der Waals surface area contributed by atoms with E-state index in [1.807, 2.05) is 0 Å². The van der Waals surface area contributed by atoms with Gasteiger partial charge in [0.25, 0.3) is 0 Å². The smallest absolute Gasteiger partial charge is 0.223 e. The van der Waals surface area contributed by atoms with Gasteiger partial charge in [-0.05, 0) is 48.8 Å². The number of carbonyl (C=O) groups excluding carboxylic acids is 2. The van der Waals surface area contributed by atoms with E-state index in [9.17, 15) is 18.4 Å². The first-order chi connectivity index (χ1) is 12.0. The number of halogens is 2. The third-order valence-corrected chi connectivity index (χ3v) is 5.47. The van der Waals surface area contributed by atoms with Crippen molar-refractivity contribution in [2.45, 2.75) is 56.9 Å². The number of nitrogens with one attached hydrogen (secondary N) is 1. The molecule has 0 aromatic heterocycles. The number of benzene rings is 1. The van der Waals surface area contributed by atoms with E-state index in [1.54, 1.807) is 0 Å². The Morgan fingerprint density at radius 1 is 1.16 bits per heavy atom. The molecule has 3 unspecified atom stereocenters. The monoisotopic (exact) mass is 350 g/mol. The van der Waals surface area contributed by atoms with Gasteiger partial charge in [0, 0.05) is 18.4 Å². The van der Waals surface area contributed by atoms with E-state index in [-0.39, 0.29) is 36.1 Å². The summed E-state index contributed by atoms with van der Waals surface area (Å²) in [4.78, 5) is 23.9. The van der Waals surface area contributed by atoms with Gasteiger partial charge in [-0.15, -0.1) is 0 Å². The van der Waals surface area contributed by atoms with Crippen LogP contribution in [-0.2, 0) is 9.59 Å². The van der Waals surface area contributed by atoms with Crippen LogP contribution < -0.4 is 11.1 Å². The van der Waals surface area contributed by atoms with E-state index in [0.29, 0.717) is 12.0 Å². The molecule has 1 aromatic rings. The summed E-state index contributed by atoms with van der Waals surface area (Å²) in [5, 5.41) is 3.00. The third kappa shape index (κ3) is 4.35. The van der Waals surface area contributed by atoms with Crippen LogP contribution in [0.15, 0.2) is 18.2 Å². The summed E-state index contributed by atoms with van der Waals surface area (Å²) in [6.45, 7) is 0. The molecule has 0 saturated heterocycles. The van der Waals surface area contributed by atoms with Crippen molar-refractivity contribution in [1.82, 2.24) is 5.32 Å². The minimum Gasteiger partial charge on any atom is -0.370 e. The van der Waals surface area contributed by atoms with Crippen LogP contribution >= 0.6 is 0 Å². The number of amides is 2. The lowest BCUT2D eigenvalue weighted by atomic mass is 9.82. The Balaban J connectivity index is 1.61. The molecule has 2 amide bonds. The average molecular weight is 350 g/mol. The zero-order valence-electron chi connectivity index (χ0n) is 14.1. The molecule has 2 fully saturated rings. The summed E-state index contributed by atoms with van der Waals surface area (Å²) in [7, 11) is 0. The van der Waals surface area contributed by atoms with Gasteiger partial charge in [-0.3, -0.25) is 9.59 Å². The molecular weight excluding hydrogens is 326 g/mol. The number of carbonyl (C=O) groups is 2. The maximum atomic E-state index is 13.4. The maximum absolute atomic E-state index is 13.4. The average Bonchev–Trinajstić information content (AvgIpc) is 3.38. The maximum Gasteiger partial charge on any atom is 0.223 e. The molecule has 1 aromatic carbocycles. The molecule has 2 saturated carbocycles. The van der Waals surface area contributed by atoms with Gasteiger partial charge in [0.15, 0.2) is 11.6 Å². The fraction of sp³-hybridized carbons (Fsp3) is 0.579. The normalized spacial score (nSPS) is 24.6. The Bertz CT molecular complexity index is 659. The Morgan fingerprint density at radius 3 is 2.52 bits per heavy atom. The van der Waals surface area contributed by atoms with Crippen molar-refractivity contribution in [3.63, 3.8) is 0 Å².